The number of carbonyl (C=O) groups excluding carboxylic acids is 3. The number of rotatable bonds is 5. The van der Waals surface area contributed by atoms with Crippen molar-refractivity contribution >= 4 is 34.7 Å². The number of amides is 3. The SMILES string of the molecule is CNC(=O)CN1CCN(C(=O)C2CC(=O)N(c3ccc(C)cc3)C2c2cccs2)CC1. The van der Waals surface area contributed by atoms with E-state index in [1.54, 1.807) is 23.3 Å². The van der Waals surface area contributed by atoms with Gasteiger partial charge in [-0.3, -0.25) is 19.3 Å². The number of likely N-dealkylation sites (N-methyl/N-ethyl adjacent to an activating group) is 1. The Balaban J connectivity index is 1.53. The lowest BCUT2D eigenvalue weighted by atomic mass is 9.96. The van der Waals surface area contributed by atoms with Gasteiger partial charge in [0.05, 0.1) is 18.5 Å². The maximum absolute atomic E-state index is 13.5. The van der Waals surface area contributed by atoms with E-state index >= 15 is 0 Å². The van der Waals surface area contributed by atoms with Gasteiger partial charge >= 0.3 is 0 Å². The molecule has 7 nitrogen and oxygen atoms in total. The first kappa shape index (κ1) is 21.5. The van der Waals surface area contributed by atoms with Gasteiger partial charge in [-0.15, -0.1) is 11.3 Å². The maximum Gasteiger partial charge on any atom is 0.233 e. The van der Waals surface area contributed by atoms with E-state index in [9.17, 15) is 14.4 Å². The summed E-state index contributed by atoms with van der Waals surface area (Å²) >= 11 is 1.58. The first-order valence-electron chi connectivity index (χ1n) is 10.6. The Morgan fingerprint density at radius 1 is 1.10 bits per heavy atom. The minimum atomic E-state index is -0.405. The van der Waals surface area contributed by atoms with E-state index in [1.807, 2.05) is 53.6 Å². The number of nitrogens with one attached hydrogen (secondary N) is 1. The molecule has 1 aromatic heterocycles. The van der Waals surface area contributed by atoms with Crippen LogP contribution in [0.25, 0.3) is 0 Å². The zero-order valence-corrected chi connectivity index (χ0v) is 18.7. The van der Waals surface area contributed by atoms with E-state index in [4.69, 9.17) is 0 Å². The summed E-state index contributed by atoms with van der Waals surface area (Å²) in [6, 6.07) is 11.6. The second-order valence-electron chi connectivity index (χ2n) is 8.14. The molecule has 1 N–H and O–H groups in total. The normalized spacial score (nSPS) is 22.1. The average Bonchev–Trinajstić information content (AvgIpc) is 3.42. The lowest BCUT2D eigenvalue weighted by molar-refractivity contribution is -0.138. The number of benzene rings is 1. The highest BCUT2D eigenvalue weighted by molar-refractivity contribution is 7.10. The third kappa shape index (κ3) is 4.50. The molecule has 3 amide bonds. The molecule has 0 saturated carbocycles. The molecule has 2 aliphatic heterocycles. The van der Waals surface area contributed by atoms with Crippen molar-refractivity contribution in [1.82, 2.24) is 15.1 Å². The molecule has 0 radical (unpaired) electrons. The molecule has 2 atom stereocenters. The molecule has 2 fully saturated rings. The molecular weight excluding hydrogens is 412 g/mol. The van der Waals surface area contributed by atoms with Crippen molar-refractivity contribution in [3.05, 3.63) is 52.2 Å². The standard InChI is InChI=1S/C23H28N4O3S/c1-16-5-7-17(8-6-16)27-21(29)14-18(22(27)19-4-3-13-31-19)23(30)26-11-9-25(10-12-26)15-20(28)24-2/h3-8,13,18,22H,9-12,14-15H2,1-2H3,(H,24,28). The van der Waals surface area contributed by atoms with Gasteiger partial charge in [-0.2, -0.15) is 0 Å². The number of hydrogen-bond donors (Lipinski definition) is 1. The molecule has 4 rings (SSSR count). The molecule has 0 aliphatic carbocycles. The predicted molar refractivity (Wildman–Crippen MR) is 121 cm³/mol. The Morgan fingerprint density at radius 3 is 2.42 bits per heavy atom. The monoisotopic (exact) mass is 440 g/mol. The molecule has 2 aromatic rings. The minimum absolute atomic E-state index is 0.0149. The van der Waals surface area contributed by atoms with E-state index in [-0.39, 0.29) is 30.2 Å². The van der Waals surface area contributed by atoms with Crippen LogP contribution in [0.5, 0.6) is 0 Å². The number of thiophene rings is 1. The smallest absolute Gasteiger partial charge is 0.233 e. The van der Waals surface area contributed by atoms with Crippen LogP contribution in [0, 0.1) is 12.8 Å². The van der Waals surface area contributed by atoms with E-state index < -0.39 is 5.92 Å². The highest BCUT2D eigenvalue weighted by Gasteiger charge is 2.47. The summed E-state index contributed by atoms with van der Waals surface area (Å²) < 4.78 is 0. The molecule has 1 aromatic carbocycles. The molecule has 8 heteroatoms. The van der Waals surface area contributed by atoms with Gasteiger partial charge in [-0.05, 0) is 30.5 Å². The van der Waals surface area contributed by atoms with Gasteiger partial charge in [0.1, 0.15) is 0 Å². The van der Waals surface area contributed by atoms with E-state index in [2.05, 4.69) is 10.2 Å². The Kier molecular flexibility index (Phi) is 6.38. The molecule has 0 spiro atoms. The zero-order valence-electron chi connectivity index (χ0n) is 17.9. The molecule has 164 valence electrons. The number of carbonyl (C=O) groups is 3. The van der Waals surface area contributed by atoms with Gasteiger partial charge in [-0.1, -0.05) is 23.8 Å². The lowest BCUT2D eigenvalue weighted by Gasteiger charge is -2.36. The van der Waals surface area contributed by atoms with Crippen LogP contribution < -0.4 is 10.2 Å². The van der Waals surface area contributed by atoms with E-state index in [0.29, 0.717) is 32.7 Å². The number of hydrogen-bond acceptors (Lipinski definition) is 5. The predicted octanol–water partition coefficient (Wildman–Crippen LogP) is 2.04. The fourth-order valence-corrected chi connectivity index (χ4v) is 5.27. The molecule has 2 aliphatic rings. The molecule has 2 saturated heterocycles. The van der Waals surface area contributed by atoms with E-state index in [1.165, 1.54) is 0 Å². The van der Waals surface area contributed by atoms with Crippen molar-refractivity contribution in [2.24, 2.45) is 5.92 Å². The van der Waals surface area contributed by atoms with Crippen LogP contribution in [0.4, 0.5) is 5.69 Å². The van der Waals surface area contributed by atoms with Gasteiger partial charge < -0.3 is 15.1 Å². The fourth-order valence-electron chi connectivity index (χ4n) is 4.39. The van der Waals surface area contributed by atoms with Crippen molar-refractivity contribution in [2.75, 3.05) is 44.7 Å². The Hall–Kier alpha value is -2.71. The van der Waals surface area contributed by atoms with Gasteiger partial charge in [-0.25, -0.2) is 0 Å². The summed E-state index contributed by atoms with van der Waals surface area (Å²) in [5, 5.41) is 4.63. The second kappa shape index (κ2) is 9.20. The van der Waals surface area contributed by atoms with Crippen molar-refractivity contribution < 1.29 is 14.4 Å². The summed E-state index contributed by atoms with van der Waals surface area (Å²) in [7, 11) is 1.63. The summed E-state index contributed by atoms with van der Waals surface area (Å²) in [6.45, 7) is 4.82. The van der Waals surface area contributed by atoms with Crippen molar-refractivity contribution in [2.45, 2.75) is 19.4 Å². The van der Waals surface area contributed by atoms with Crippen molar-refractivity contribution in [3.8, 4) is 0 Å². The number of piperazine rings is 1. The molecule has 3 heterocycles. The Morgan fingerprint density at radius 2 is 1.81 bits per heavy atom. The topological polar surface area (TPSA) is 73.0 Å². The van der Waals surface area contributed by atoms with Crippen LogP contribution in [0.15, 0.2) is 41.8 Å². The van der Waals surface area contributed by atoms with Gasteiger partial charge in [0.15, 0.2) is 0 Å². The molecular formula is C23H28N4O3S. The fraction of sp³-hybridized carbons (Fsp3) is 0.435. The number of anilines is 1. The molecule has 2 unspecified atom stereocenters. The van der Waals surface area contributed by atoms with Crippen molar-refractivity contribution in [3.63, 3.8) is 0 Å². The third-order valence-electron chi connectivity index (χ3n) is 6.12. The first-order chi connectivity index (χ1) is 15.0. The number of nitrogens with zero attached hydrogens (tertiary/aromatic N) is 3. The van der Waals surface area contributed by atoms with Gasteiger partial charge in [0, 0.05) is 50.2 Å². The van der Waals surface area contributed by atoms with Crippen LogP contribution in [0.2, 0.25) is 0 Å². The summed E-state index contributed by atoms with van der Waals surface area (Å²) in [5.74, 6) is -0.412. The number of aryl methyl sites for hydroxylation is 1. The van der Waals surface area contributed by atoms with Crippen molar-refractivity contribution in [1.29, 1.82) is 0 Å². The highest BCUT2D eigenvalue weighted by Crippen LogP contribution is 2.43. The largest absolute Gasteiger partial charge is 0.358 e. The Bertz CT molecular complexity index is 936. The summed E-state index contributed by atoms with van der Waals surface area (Å²) in [4.78, 5) is 45.0. The van der Waals surface area contributed by atoms with Gasteiger partial charge in [0.25, 0.3) is 0 Å². The lowest BCUT2D eigenvalue weighted by Crippen LogP contribution is -2.52. The average molecular weight is 441 g/mol. The Labute approximate surface area is 186 Å². The quantitative estimate of drug-likeness (QED) is 0.772. The minimum Gasteiger partial charge on any atom is -0.358 e. The van der Waals surface area contributed by atoms with Crippen LogP contribution in [0.3, 0.4) is 0 Å². The third-order valence-corrected chi connectivity index (χ3v) is 7.06. The zero-order chi connectivity index (χ0) is 22.0. The molecule has 31 heavy (non-hydrogen) atoms. The highest BCUT2D eigenvalue weighted by atomic mass is 32.1. The maximum atomic E-state index is 13.5. The van der Waals surface area contributed by atoms with Crippen LogP contribution in [-0.2, 0) is 14.4 Å². The first-order valence-corrected chi connectivity index (χ1v) is 11.5. The van der Waals surface area contributed by atoms with E-state index in [0.717, 1.165) is 16.1 Å². The second-order valence-corrected chi connectivity index (χ2v) is 9.12. The summed E-state index contributed by atoms with van der Waals surface area (Å²) in [5.41, 5.74) is 1.96. The summed E-state index contributed by atoms with van der Waals surface area (Å²) in [6.07, 6.45) is 0.216. The van der Waals surface area contributed by atoms with Gasteiger partial charge in [0.2, 0.25) is 17.7 Å². The molecule has 0 bridgehead atoms. The van der Waals surface area contributed by atoms with Crippen LogP contribution in [-0.4, -0.2) is 67.3 Å². The van der Waals surface area contributed by atoms with Crippen LogP contribution in [0.1, 0.15) is 22.9 Å². The van der Waals surface area contributed by atoms with Crippen LogP contribution >= 0.6 is 11.3 Å².